The van der Waals surface area contributed by atoms with Crippen LogP contribution < -0.4 is 9.47 Å². The van der Waals surface area contributed by atoms with Crippen molar-refractivity contribution < 1.29 is 17.9 Å². The number of benzene rings is 2. The molecule has 0 amide bonds. The fourth-order valence-corrected chi connectivity index (χ4v) is 4.88. The fourth-order valence-electron chi connectivity index (χ4n) is 3.36. The van der Waals surface area contributed by atoms with Crippen molar-refractivity contribution in [1.82, 2.24) is 9.21 Å². The zero-order valence-electron chi connectivity index (χ0n) is 15.8. The van der Waals surface area contributed by atoms with Gasteiger partial charge in [-0.25, -0.2) is 8.42 Å². The summed E-state index contributed by atoms with van der Waals surface area (Å²) in [5.41, 5.74) is 1.86. The highest BCUT2D eigenvalue weighted by Gasteiger charge is 2.27. The van der Waals surface area contributed by atoms with Gasteiger partial charge in [-0.2, -0.15) is 4.31 Å². The lowest BCUT2D eigenvalue weighted by molar-refractivity contribution is 0.179. The molecule has 0 aliphatic carbocycles. The van der Waals surface area contributed by atoms with E-state index >= 15 is 0 Å². The topological polar surface area (TPSA) is 59.1 Å². The molecule has 2 aromatic rings. The molecule has 27 heavy (non-hydrogen) atoms. The number of rotatable bonds is 7. The Kier molecular flexibility index (Phi) is 6.36. The van der Waals surface area contributed by atoms with Crippen LogP contribution in [0.2, 0.25) is 0 Å². The van der Waals surface area contributed by atoms with Crippen LogP contribution in [0.15, 0.2) is 48.5 Å². The number of ether oxygens (including phenoxy) is 2. The maximum absolute atomic E-state index is 12.7. The molecular weight excluding hydrogens is 364 g/mol. The van der Waals surface area contributed by atoms with E-state index in [9.17, 15) is 8.42 Å². The Hall–Kier alpha value is -2.09. The molecular formula is C20H26N2O4S. The van der Waals surface area contributed by atoms with Crippen molar-refractivity contribution in [2.24, 2.45) is 0 Å². The van der Waals surface area contributed by atoms with Crippen LogP contribution in [0.4, 0.5) is 0 Å². The quantitative estimate of drug-likeness (QED) is 0.726. The Bertz CT molecular complexity index is 848. The second-order valence-corrected chi connectivity index (χ2v) is 8.54. The normalized spacial score (nSPS) is 16.2. The molecule has 0 N–H and O–H groups in total. The zero-order valence-corrected chi connectivity index (χ0v) is 16.6. The molecule has 0 saturated carbocycles. The van der Waals surface area contributed by atoms with Crippen LogP contribution >= 0.6 is 0 Å². The Balaban J connectivity index is 1.61. The number of piperazine rings is 1. The lowest BCUT2D eigenvalue weighted by atomic mass is 10.1. The third-order valence-corrected chi connectivity index (χ3v) is 6.65. The van der Waals surface area contributed by atoms with Crippen LogP contribution in [-0.2, 0) is 22.3 Å². The molecule has 0 aromatic heterocycles. The predicted octanol–water partition coefficient (Wildman–Crippen LogP) is 2.35. The van der Waals surface area contributed by atoms with E-state index in [1.54, 1.807) is 18.5 Å². The maximum atomic E-state index is 12.7. The highest BCUT2D eigenvalue weighted by molar-refractivity contribution is 7.88. The number of methoxy groups -OCH3 is 2. The molecule has 7 heteroatoms. The van der Waals surface area contributed by atoms with Crippen molar-refractivity contribution >= 4 is 10.0 Å². The first kappa shape index (κ1) is 19.7. The molecule has 1 aliphatic heterocycles. The monoisotopic (exact) mass is 390 g/mol. The summed E-state index contributed by atoms with van der Waals surface area (Å²) in [4.78, 5) is 2.24. The summed E-state index contributed by atoms with van der Waals surface area (Å²) in [5, 5.41) is 0. The van der Waals surface area contributed by atoms with Crippen molar-refractivity contribution in [1.29, 1.82) is 0 Å². The molecule has 6 nitrogen and oxygen atoms in total. The van der Waals surface area contributed by atoms with E-state index in [4.69, 9.17) is 9.47 Å². The van der Waals surface area contributed by atoms with Crippen LogP contribution in [0.25, 0.3) is 0 Å². The lowest BCUT2D eigenvalue weighted by Gasteiger charge is -2.34. The Morgan fingerprint density at radius 1 is 0.889 bits per heavy atom. The minimum absolute atomic E-state index is 0.0531. The lowest BCUT2D eigenvalue weighted by Crippen LogP contribution is -2.48. The summed E-state index contributed by atoms with van der Waals surface area (Å²) in [6.07, 6.45) is 0. The number of nitrogens with zero attached hydrogens (tertiary/aromatic N) is 2. The Morgan fingerprint density at radius 3 is 2.22 bits per heavy atom. The number of hydrogen-bond acceptors (Lipinski definition) is 5. The van der Waals surface area contributed by atoms with E-state index in [0.717, 1.165) is 16.9 Å². The standard InChI is InChI=1S/C20H26N2O4S/c1-25-19-10-6-9-18(20(19)26-2)15-21-11-13-22(14-12-21)27(23,24)16-17-7-4-3-5-8-17/h3-10H,11-16H2,1-2H3. The van der Waals surface area contributed by atoms with Crippen molar-refractivity contribution in [3.05, 3.63) is 59.7 Å². The van der Waals surface area contributed by atoms with Gasteiger partial charge in [0.15, 0.2) is 11.5 Å². The molecule has 1 aliphatic rings. The van der Waals surface area contributed by atoms with Gasteiger partial charge >= 0.3 is 0 Å². The fraction of sp³-hybridized carbons (Fsp3) is 0.400. The van der Waals surface area contributed by atoms with E-state index in [0.29, 0.717) is 38.5 Å². The molecule has 1 saturated heterocycles. The number of para-hydroxylation sites is 1. The first-order valence-corrected chi connectivity index (χ1v) is 10.6. The van der Waals surface area contributed by atoms with Crippen LogP contribution in [0.3, 0.4) is 0 Å². The van der Waals surface area contributed by atoms with Gasteiger partial charge in [-0.1, -0.05) is 42.5 Å². The number of sulfonamides is 1. The van der Waals surface area contributed by atoms with Gasteiger partial charge < -0.3 is 9.47 Å². The van der Waals surface area contributed by atoms with Crippen LogP contribution in [0, 0.1) is 0 Å². The van der Waals surface area contributed by atoms with E-state index in [-0.39, 0.29) is 5.75 Å². The Labute approximate surface area is 161 Å². The van der Waals surface area contributed by atoms with Crippen molar-refractivity contribution in [2.75, 3.05) is 40.4 Å². The van der Waals surface area contributed by atoms with E-state index in [1.807, 2.05) is 48.5 Å². The summed E-state index contributed by atoms with van der Waals surface area (Å²) < 4.78 is 37.8. The van der Waals surface area contributed by atoms with Gasteiger partial charge in [0.05, 0.1) is 20.0 Å². The van der Waals surface area contributed by atoms with Gasteiger partial charge in [0.1, 0.15) is 0 Å². The van der Waals surface area contributed by atoms with Crippen molar-refractivity contribution in [3.8, 4) is 11.5 Å². The molecule has 1 fully saturated rings. The molecule has 3 rings (SSSR count). The van der Waals surface area contributed by atoms with Gasteiger partial charge in [-0.3, -0.25) is 4.90 Å². The molecule has 0 radical (unpaired) electrons. The summed E-state index contributed by atoms with van der Waals surface area (Å²) in [5.74, 6) is 1.50. The smallest absolute Gasteiger partial charge is 0.218 e. The minimum atomic E-state index is -3.29. The third-order valence-electron chi connectivity index (χ3n) is 4.79. The summed E-state index contributed by atoms with van der Waals surface area (Å²) in [7, 11) is -0.0368. The van der Waals surface area contributed by atoms with Gasteiger partial charge in [0.2, 0.25) is 10.0 Å². The van der Waals surface area contributed by atoms with E-state index in [1.165, 1.54) is 0 Å². The number of hydrogen-bond donors (Lipinski definition) is 0. The van der Waals surface area contributed by atoms with Gasteiger partial charge in [-0.15, -0.1) is 0 Å². The minimum Gasteiger partial charge on any atom is -0.493 e. The molecule has 0 bridgehead atoms. The SMILES string of the molecule is COc1cccc(CN2CCN(S(=O)(=O)Cc3ccccc3)CC2)c1OC. The molecule has 0 spiro atoms. The average molecular weight is 391 g/mol. The first-order valence-electron chi connectivity index (χ1n) is 8.97. The zero-order chi connectivity index (χ0) is 19.3. The average Bonchev–Trinajstić information content (AvgIpc) is 2.68. The van der Waals surface area contributed by atoms with Crippen LogP contribution in [0.1, 0.15) is 11.1 Å². The molecule has 0 unspecified atom stereocenters. The third kappa shape index (κ3) is 4.80. The van der Waals surface area contributed by atoms with E-state index in [2.05, 4.69) is 4.90 Å². The molecule has 0 atom stereocenters. The molecule has 146 valence electrons. The van der Waals surface area contributed by atoms with Crippen molar-refractivity contribution in [2.45, 2.75) is 12.3 Å². The predicted molar refractivity (Wildman–Crippen MR) is 105 cm³/mol. The summed E-state index contributed by atoms with van der Waals surface area (Å²) >= 11 is 0. The molecule has 2 aromatic carbocycles. The van der Waals surface area contributed by atoms with E-state index < -0.39 is 10.0 Å². The maximum Gasteiger partial charge on any atom is 0.218 e. The summed E-state index contributed by atoms with van der Waals surface area (Å²) in [6.45, 7) is 3.08. The van der Waals surface area contributed by atoms with Crippen LogP contribution in [-0.4, -0.2) is 58.0 Å². The van der Waals surface area contributed by atoms with Gasteiger partial charge in [-0.05, 0) is 11.6 Å². The largest absolute Gasteiger partial charge is 0.493 e. The second-order valence-electron chi connectivity index (χ2n) is 6.57. The van der Waals surface area contributed by atoms with Gasteiger partial charge in [0.25, 0.3) is 0 Å². The highest BCUT2D eigenvalue weighted by atomic mass is 32.2. The molecule has 1 heterocycles. The summed E-state index contributed by atoms with van der Waals surface area (Å²) in [6, 6.07) is 15.1. The van der Waals surface area contributed by atoms with Gasteiger partial charge in [0, 0.05) is 38.3 Å². The first-order chi connectivity index (χ1) is 13.0. The Morgan fingerprint density at radius 2 is 1.59 bits per heavy atom. The highest BCUT2D eigenvalue weighted by Crippen LogP contribution is 2.31. The van der Waals surface area contributed by atoms with Crippen molar-refractivity contribution in [3.63, 3.8) is 0 Å². The van der Waals surface area contributed by atoms with Crippen LogP contribution in [0.5, 0.6) is 11.5 Å². The second kappa shape index (κ2) is 8.73.